The zero-order chi connectivity index (χ0) is 24.4. The summed E-state index contributed by atoms with van der Waals surface area (Å²) in [6.45, 7) is 1.82. The number of nitrogens with zero attached hydrogens (tertiary/aromatic N) is 3. The van der Waals surface area contributed by atoms with Gasteiger partial charge in [-0.25, -0.2) is 18.4 Å². The lowest BCUT2D eigenvalue weighted by Crippen LogP contribution is -2.14. The van der Waals surface area contributed by atoms with Gasteiger partial charge < -0.3 is 0 Å². The highest BCUT2D eigenvalue weighted by molar-refractivity contribution is 7.92. The molecule has 0 spiro atoms. The van der Waals surface area contributed by atoms with Crippen molar-refractivity contribution >= 4 is 55.3 Å². The van der Waals surface area contributed by atoms with E-state index < -0.39 is 10.0 Å². The van der Waals surface area contributed by atoms with Crippen molar-refractivity contribution in [1.82, 2.24) is 9.97 Å². The number of fused-ring (bicyclic) bond motifs is 1. The molecule has 1 heterocycles. The van der Waals surface area contributed by atoms with Gasteiger partial charge in [0.15, 0.2) is 0 Å². The Morgan fingerprint density at radius 2 is 1.66 bits per heavy atom. The molecule has 4 aromatic carbocycles. The predicted molar refractivity (Wildman–Crippen MR) is 141 cm³/mol. The summed E-state index contributed by atoms with van der Waals surface area (Å²) in [6, 6.07) is 27.9. The summed E-state index contributed by atoms with van der Waals surface area (Å²) in [5, 5.41) is 2.57. The minimum Gasteiger partial charge on any atom is -0.294 e. The number of aromatic nitrogens is 2. The Morgan fingerprint density at radius 1 is 0.886 bits per heavy atom. The van der Waals surface area contributed by atoms with Crippen LogP contribution in [0.5, 0.6) is 0 Å². The SMILES string of the molecule is Cc1ccc(S(=O)(=O)Nc2ccc(N(c3ccncn3)c3cccc4ccccc34)cc2)cc1Cl. The van der Waals surface area contributed by atoms with Crippen molar-refractivity contribution in [1.29, 1.82) is 0 Å². The number of aryl methyl sites for hydroxylation is 1. The van der Waals surface area contributed by atoms with E-state index >= 15 is 0 Å². The maximum atomic E-state index is 12.9. The maximum absolute atomic E-state index is 12.9. The molecule has 0 aliphatic heterocycles. The van der Waals surface area contributed by atoms with Crippen LogP contribution in [0.25, 0.3) is 10.8 Å². The van der Waals surface area contributed by atoms with E-state index in [0.29, 0.717) is 16.5 Å². The minimum absolute atomic E-state index is 0.107. The van der Waals surface area contributed by atoms with Crippen LogP contribution in [-0.4, -0.2) is 18.4 Å². The monoisotopic (exact) mass is 500 g/mol. The van der Waals surface area contributed by atoms with E-state index in [0.717, 1.165) is 27.7 Å². The van der Waals surface area contributed by atoms with Crippen LogP contribution >= 0.6 is 11.6 Å². The molecule has 0 unspecified atom stereocenters. The van der Waals surface area contributed by atoms with Crippen molar-refractivity contribution in [3.8, 4) is 0 Å². The van der Waals surface area contributed by atoms with Crippen molar-refractivity contribution in [2.75, 3.05) is 9.62 Å². The molecule has 0 fully saturated rings. The predicted octanol–water partition coefficient (Wildman–Crippen LogP) is 6.86. The molecule has 174 valence electrons. The van der Waals surface area contributed by atoms with Crippen molar-refractivity contribution in [3.05, 3.63) is 114 Å². The molecule has 0 saturated carbocycles. The van der Waals surface area contributed by atoms with Gasteiger partial charge in [-0.1, -0.05) is 54.1 Å². The molecular weight excluding hydrogens is 480 g/mol. The summed E-state index contributed by atoms with van der Waals surface area (Å²) in [5.74, 6) is 0.694. The average molecular weight is 501 g/mol. The largest absolute Gasteiger partial charge is 0.294 e. The molecule has 0 aliphatic rings. The number of rotatable bonds is 6. The van der Waals surface area contributed by atoms with E-state index in [4.69, 9.17) is 11.6 Å². The van der Waals surface area contributed by atoms with Crippen molar-refractivity contribution in [3.63, 3.8) is 0 Å². The van der Waals surface area contributed by atoms with E-state index in [2.05, 4.69) is 32.9 Å². The van der Waals surface area contributed by atoms with Crippen LogP contribution in [0.1, 0.15) is 5.56 Å². The van der Waals surface area contributed by atoms with Gasteiger partial charge in [0.1, 0.15) is 12.1 Å². The number of nitrogens with one attached hydrogen (secondary N) is 1. The lowest BCUT2D eigenvalue weighted by atomic mass is 10.1. The number of hydrogen-bond acceptors (Lipinski definition) is 5. The Morgan fingerprint density at radius 3 is 2.40 bits per heavy atom. The molecule has 0 atom stereocenters. The first kappa shape index (κ1) is 22.8. The Kier molecular flexibility index (Phi) is 6.11. The van der Waals surface area contributed by atoms with Gasteiger partial charge >= 0.3 is 0 Å². The first-order valence-corrected chi connectivity index (χ1v) is 12.7. The Hall–Kier alpha value is -3.94. The molecule has 5 aromatic rings. The minimum atomic E-state index is -3.79. The summed E-state index contributed by atoms with van der Waals surface area (Å²) < 4.78 is 28.4. The third-order valence-electron chi connectivity index (χ3n) is 5.63. The van der Waals surface area contributed by atoms with E-state index in [9.17, 15) is 8.42 Å². The Labute approximate surface area is 208 Å². The highest BCUT2D eigenvalue weighted by Gasteiger charge is 2.18. The zero-order valence-corrected chi connectivity index (χ0v) is 20.3. The number of anilines is 4. The smallest absolute Gasteiger partial charge is 0.261 e. The summed E-state index contributed by atoms with van der Waals surface area (Å²) in [5.41, 5.74) is 3.02. The summed E-state index contributed by atoms with van der Waals surface area (Å²) >= 11 is 6.13. The summed E-state index contributed by atoms with van der Waals surface area (Å²) in [6.07, 6.45) is 3.19. The van der Waals surface area contributed by atoms with Gasteiger partial charge in [0, 0.05) is 28.0 Å². The van der Waals surface area contributed by atoms with Gasteiger partial charge in [-0.15, -0.1) is 0 Å². The molecule has 1 aromatic heterocycles. The molecule has 0 aliphatic carbocycles. The van der Waals surface area contributed by atoms with Crippen LogP contribution in [0.3, 0.4) is 0 Å². The number of hydrogen-bond donors (Lipinski definition) is 1. The van der Waals surface area contributed by atoms with E-state index in [-0.39, 0.29) is 4.90 Å². The summed E-state index contributed by atoms with van der Waals surface area (Å²) in [7, 11) is -3.79. The van der Waals surface area contributed by atoms with Crippen molar-refractivity contribution in [2.45, 2.75) is 11.8 Å². The standard InChI is InChI=1S/C27H21ClN4O2S/c1-19-9-14-23(17-25(19)28)35(33,34)31-21-10-12-22(13-11-21)32(27-15-16-29-18-30-27)26-8-4-6-20-5-2-3-7-24(20)26/h2-18,31H,1H3. The Bertz CT molecular complexity index is 1600. The molecular formula is C27H21ClN4O2S. The van der Waals surface area contributed by atoms with Crippen LogP contribution in [0.2, 0.25) is 5.02 Å². The second kappa shape index (κ2) is 9.37. The average Bonchev–Trinajstić information content (AvgIpc) is 2.87. The molecule has 6 nitrogen and oxygen atoms in total. The van der Waals surface area contributed by atoms with E-state index in [1.54, 1.807) is 24.4 Å². The molecule has 0 saturated heterocycles. The second-order valence-electron chi connectivity index (χ2n) is 7.96. The maximum Gasteiger partial charge on any atom is 0.261 e. The van der Waals surface area contributed by atoms with Gasteiger partial charge in [-0.3, -0.25) is 9.62 Å². The topological polar surface area (TPSA) is 75.2 Å². The molecule has 0 amide bonds. The number of benzene rings is 4. The quantitative estimate of drug-likeness (QED) is 0.275. The highest BCUT2D eigenvalue weighted by atomic mass is 35.5. The molecule has 8 heteroatoms. The molecule has 0 radical (unpaired) electrons. The highest BCUT2D eigenvalue weighted by Crippen LogP contribution is 2.38. The van der Waals surface area contributed by atoms with Gasteiger partial charge in [0.05, 0.1) is 10.6 Å². The van der Waals surface area contributed by atoms with Crippen molar-refractivity contribution < 1.29 is 8.42 Å². The van der Waals surface area contributed by atoms with Crippen molar-refractivity contribution in [2.24, 2.45) is 0 Å². The third kappa shape index (κ3) is 4.69. The van der Waals surface area contributed by atoms with Crippen LogP contribution in [-0.2, 0) is 10.0 Å². The lowest BCUT2D eigenvalue weighted by Gasteiger charge is -2.25. The first-order chi connectivity index (χ1) is 16.9. The molecule has 0 bridgehead atoms. The fourth-order valence-electron chi connectivity index (χ4n) is 3.85. The van der Waals surface area contributed by atoms with Gasteiger partial charge in [0.25, 0.3) is 10.0 Å². The molecule has 35 heavy (non-hydrogen) atoms. The van der Waals surface area contributed by atoms with Gasteiger partial charge in [0.2, 0.25) is 0 Å². The number of sulfonamides is 1. The van der Waals surface area contributed by atoms with Crippen LogP contribution in [0.15, 0.2) is 108 Å². The Balaban J connectivity index is 1.52. The fourth-order valence-corrected chi connectivity index (χ4v) is 5.18. The second-order valence-corrected chi connectivity index (χ2v) is 10.1. The number of halogens is 1. The van der Waals surface area contributed by atoms with Gasteiger partial charge in [-0.05, 0) is 66.4 Å². The fraction of sp³-hybridized carbons (Fsp3) is 0.0370. The van der Waals surface area contributed by atoms with Crippen LogP contribution in [0, 0.1) is 6.92 Å². The van der Waals surface area contributed by atoms with E-state index in [1.165, 1.54) is 18.5 Å². The van der Waals surface area contributed by atoms with Crippen LogP contribution < -0.4 is 9.62 Å². The van der Waals surface area contributed by atoms with Crippen LogP contribution in [0.4, 0.5) is 22.9 Å². The molecule has 1 N–H and O–H groups in total. The van der Waals surface area contributed by atoms with E-state index in [1.807, 2.05) is 54.3 Å². The zero-order valence-electron chi connectivity index (χ0n) is 18.8. The third-order valence-corrected chi connectivity index (χ3v) is 7.42. The molecule has 5 rings (SSSR count). The van der Waals surface area contributed by atoms with Gasteiger partial charge in [-0.2, -0.15) is 0 Å². The summed E-state index contributed by atoms with van der Waals surface area (Å²) in [4.78, 5) is 10.6. The normalized spacial score (nSPS) is 11.4. The first-order valence-electron chi connectivity index (χ1n) is 10.9. The lowest BCUT2D eigenvalue weighted by molar-refractivity contribution is 0.601.